The van der Waals surface area contributed by atoms with Crippen molar-refractivity contribution in [2.75, 3.05) is 39.8 Å². The summed E-state index contributed by atoms with van der Waals surface area (Å²) in [6.45, 7) is 3.56. The molecule has 16 heavy (non-hydrogen) atoms. The molecule has 1 heterocycles. The van der Waals surface area contributed by atoms with Crippen LogP contribution in [0, 0.1) is 0 Å². The van der Waals surface area contributed by atoms with Gasteiger partial charge in [0.2, 0.25) is 0 Å². The number of hydrogen-bond acceptors (Lipinski definition) is 5. The van der Waals surface area contributed by atoms with E-state index >= 15 is 0 Å². The predicted octanol–water partition coefficient (Wildman–Crippen LogP) is -0.872. The molecule has 94 valence electrons. The van der Waals surface area contributed by atoms with E-state index < -0.39 is 11.7 Å². The van der Waals surface area contributed by atoms with Crippen molar-refractivity contribution in [2.45, 2.75) is 18.4 Å². The monoisotopic (exact) mass is 231 g/mol. The molecule has 0 radical (unpaired) electrons. The van der Waals surface area contributed by atoms with E-state index in [9.17, 15) is 9.90 Å². The molecule has 6 nitrogen and oxygen atoms in total. The first-order chi connectivity index (χ1) is 7.56. The molecule has 0 saturated carbocycles. The summed E-state index contributed by atoms with van der Waals surface area (Å²) in [6.07, 6.45) is 0.402. The van der Waals surface area contributed by atoms with E-state index in [1.807, 2.05) is 7.05 Å². The predicted molar refractivity (Wildman–Crippen MR) is 60.1 cm³/mol. The lowest BCUT2D eigenvalue weighted by Crippen LogP contribution is -2.48. The third kappa shape index (κ3) is 4.34. The van der Waals surface area contributed by atoms with Crippen molar-refractivity contribution >= 4 is 6.09 Å². The average molecular weight is 231 g/mol. The van der Waals surface area contributed by atoms with E-state index in [1.54, 1.807) is 0 Å². The molecule has 4 N–H and O–H groups in total. The van der Waals surface area contributed by atoms with Gasteiger partial charge in [-0.3, -0.25) is 0 Å². The molecule has 0 aromatic carbocycles. The van der Waals surface area contributed by atoms with Crippen LogP contribution in [-0.4, -0.2) is 61.5 Å². The highest BCUT2D eigenvalue weighted by Crippen LogP contribution is 2.22. The fourth-order valence-corrected chi connectivity index (χ4v) is 1.81. The Morgan fingerprint density at radius 3 is 2.69 bits per heavy atom. The summed E-state index contributed by atoms with van der Waals surface area (Å²) in [5.74, 6) is 0. The maximum atomic E-state index is 10.5. The van der Waals surface area contributed by atoms with Crippen LogP contribution in [0.25, 0.3) is 0 Å². The van der Waals surface area contributed by atoms with Crippen LogP contribution in [0.4, 0.5) is 4.79 Å². The Kier molecular flexibility index (Phi) is 4.98. The second-order valence-corrected chi connectivity index (χ2v) is 4.28. The van der Waals surface area contributed by atoms with Crippen molar-refractivity contribution in [3.8, 4) is 0 Å². The molecule has 0 spiro atoms. The third-order valence-electron chi connectivity index (χ3n) is 2.95. The largest absolute Gasteiger partial charge is 0.447 e. The molecule has 1 saturated heterocycles. The summed E-state index contributed by atoms with van der Waals surface area (Å²) in [4.78, 5) is 12.7. The fraction of sp³-hybridized carbons (Fsp3) is 0.900. The van der Waals surface area contributed by atoms with Gasteiger partial charge in [-0.25, -0.2) is 4.79 Å². The van der Waals surface area contributed by atoms with Gasteiger partial charge in [-0.15, -0.1) is 0 Å². The number of likely N-dealkylation sites (tertiary alicyclic amines) is 1. The summed E-state index contributed by atoms with van der Waals surface area (Å²) in [6, 6.07) is 0. The van der Waals surface area contributed by atoms with E-state index in [0.717, 1.165) is 26.2 Å². The molecule has 0 aliphatic carbocycles. The van der Waals surface area contributed by atoms with Crippen molar-refractivity contribution in [3.63, 3.8) is 0 Å². The molecule has 0 bridgehead atoms. The maximum absolute atomic E-state index is 10.5. The van der Waals surface area contributed by atoms with Crippen molar-refractivity contribution in [1.82, 2.24) is 10.2 Å². The minimum absolute atomic E-state index is 0.00218. The summed E-state index contributed by atoms with van der Waals surface area (Å²) < 4.78 is 4.66. The average Bonchev–Trinajstić information content (AvgIpc) is 2.26. The van der Waals surface area contributed by atoms with E-state index in [2.05, 4.69) is 15.0 Å². The lowest BCUT2D eigenvalue weighted by Gasteiger charge is -2.37. The Hall–Kier alpha value is -0.850. The molecule has 1 aliphatic rings. The van der Waals surface area contributed by atoms with Crippen LogP contribution in [0.5, 0.6) is 0 Å². The third-order valence-corrected chi connectivity index (χ3v) is 2.95. The van der Waals surface area contributed by atoms with Gasteiger partial charge in [0, 0.05) is 26.2 Å². The van der Waals surface area contributed by atoms with Crippen LogP contribution in [0.2, 0.25) is 0 Å². The Balaban J connectivity index is 2.26. The minimum Gasteiger partial charge on any atom is -0.447 e. The Bertz CT molecular complexity index is 227. The van der Waals surface area contributed by atoms with Crippen LogP contribution in [0.1, 0.15) is 12.8 Å². The highest BCUT2D eigenvalue weighted by atomic mass is 16.6. The Morgan fingerprint density at radius 2 is 2.19 bits per heavy atom. The first-order valence-electron chi connectivity index (χ1n) is 5.57. The first-order valence-corrected chi connectivity index (χ1v) is 5.57. The number of aliphatic hydroxyl groups is 1. The van der Waals surface area contributed by atoms with Gasteiger partial charge in [-0.2, -0.15) is 0 Å². The molecule has 6 heteroatoms. The number of nitrogens with zero attached hydrogens (tertiary/aromatic N) is 1. The standard InChI is InChI=1S/C10H21N3O3/c1-12-4-7-13-5-2-10(15,3-6-13)8-16-9(11)14/h12,15H,2-8H2,1H3,(H2,11,14). The number of carbonyl (C=O) groups excluding carboxylic acids is 1. The molecule has 1 aliphatic heterocycles. The SMILES string of the molecule is CNCCN1CCC(O)(COC(N)=O)CC1. The van der Waals surface area contributed by atoms with Gasteiger partial charge in [0.1, 0.15) is 12.2 Å². The molecule has 0 atom stereocenters. The number of rotatable bonds is 5. The molecular weight excluding hydrogens is 210 g/mol. The maximum Gasteiger partial charge on any atom is 0.404 e. The van der Waals surface area contributed by atoms with Crippen molar-refractivity contribution in [1.29, 1.82) is 0 Å². The second kappa shape index (κ2) is 6.03. The second-order valence-electron chi connectivity index (χ2n) is 4.28. The molecule has 0 aromatic heterocycles. The molecule has 0 aromatic rings. The van der Waals surface area contributed by atoms with Crippen molar-refractivity contribution < 1.29 is 14.6 Å². The van der Waals surface area contributed by atoms with E-state index in [4.69, 9.17) is 5.73 Å². The first kappa shape index (κ1) is 13.2. The number of nitrogens with two attached hydrogens (primary N) is 1. The highest BCUT2D eigenvalue weighted by molar-refractivity contribution is 5.64. The highest BCUT2D eigenvalue weighted by Gasteiger charge is 2.33. The molecule has 1 amide bonds. The van der Waals surface area contributed by atoms with Crippen LogP contribution in [0.3, 0.4) is 0 Å². The van der Waals surface area contributed by atoms with Crippen molar-refractivity contribution in [2.24, 2.45) is 5.73 Å². The van der Waals surface area contributed by atoms with Gasteiger partial charge in [0.15, 0.2) is 0 Å². The lowest BCUT2D eigenvalue weighted by atomic mass is 9.92. The smallest absolute Gasteiger partial charge is 0.404 e. The molecule has 1 fully saturated rings. The summed E-state index contributed by atoms with van der Waals surface area (Å²) in [5, 5.41) is 13.2. The zero-order valence-electron chi connectivity index (χ0n) is 9.74. The van der Waals surface area contributed by atoms with Crippen LogP contribution in [-0.2, 0) is 4.74 Å². The van der Waals surface area contributed by atoms with E-state index in [0.29, 0.717) is 12.8 Å². The van der Waals surface area contributed by atoms with Crippen molar-refractivity contribution in [3.05, 3.63) is 0 Å². The number of hydrogen-bond donors (Lipinski definition) is 3. The van der Waals surface area contributed by atoms with Crippen LogP contribution in [0.15, 0.2) is 0 Å². The Labute approximate surface area is 95.7 Å². The lowest BCUT2D eigenvalue weighted by molar-refractivity contribution is -0.0615. The zero-order valence-corrected chi connectivity index (χ0v) is 9.74. The van der Waals surface area contributed by atoms with Gasteiger partial charge in [0.25, 0.3) is 0 Å². The summed E-state index contributed by atoms with van der Waals surface area (Å²) in [7, 11) is 1.92. The van der Waals surface area contributed by atoms with Gasteiger partial charge < -0.3 is 25.8 Å². The number of piperidine rings is 1. The molecule has 0 unspecified atom stereocenters. The zero-order chi connectivity index (χ0) is 12.0. The van der Waals surface area contributed by atoms with E-state index in [-0.39, 0.29) is 6.61 Å². The number of nitrogens with one attached hydrogen (secondary N) is 1. The number of ether oxygens (including phenoxy) is 1. The Morgan fingerprint density at radius 1 is 1.56 bits per heavy atom. The number of primary amides is 1. The summed E-state index contributed by atoms with van der Waals surface area (Å²) >= 11 is 0. The normalized spacial score (nSPS) is 20.6. The minimum atomic E-state index is -0.898. The van der Waals surface area contributed by atoms with Crippen LogP contribution < -0.4 is 11.1 Å². The number of carbonyl (C=O) groups is 1. The summed E-state index contributed by atoms with van der Waals surface area (Å²) in [5.41, 5.74) is 3.97. The molecular formula is C10H21N3O3. The van der Waals surface area contributed by atoms with Gasteiger partial charge in [-0.05, 0) is 19.9 Å². The van der Waals surface area contributed by atoms with Gasteiger partial charge >= 0.3 is 6.09 Å². The quantitative estimate of drug-likeness (QED) is 0.572. The molecule has 1 rings (SSSR count). The topological polar surface area (TPSA) is 87.8 Å². The number of likely N-dealkylation sites (N-methyl/N-ethyl adjacent to an activating group) is 1. The van der Waals surface area contributed by atoms with Gasteiger partial charge in [-0.1, -0.05) is 0 Å². The van der Waals surface area contributed by atoms with Gasteiger partial charge in [0.05, 0.1) is 0 Å². The fourth-order valence-electron chi connectivity index (χ4n) is 1.81. The van der Waals surface area contributed by atoms with Crippen LogP contribution >= 0.6 is 0 Å². The number of amides is 1. The van der Waals surface area contributed by atoms with E-state index in [1.165, 1.54) is 0 Å².